The van der Waals surface area contributed by atoms with Gasteiger partial charge in [-0.05, 0) is 44.9 Å². The third-order valence-electron chi connectivity index (χ3n) is 5.24. The number of imide groups is 1. The van der Waals surface area contributed by atoms with Gasteiger partial charge in [0, 0.05) is 13.1 Å². The Kier molecular flexibility index (Phi) is 5.07. The highest BCUT2D eigenvalue weighted by atomic mass is 16.2. The third kappa shape index (κ3) is 2.98. The van der Waals surface area contributed by atoms with Gasteiger partial charge in [-0.3, -0.25) is 19.3 Å². The zero-order valence-corrected chi connectivity index (χ0v) is 15.4. The number of amides is 3. The third-order valence-corrected chi connectivity index (χ3v) is 5.24. The van der Waals surface area contributed by atoms with E-state index in [4.69, 9.17) is 0 Å². The zero-order valence-electron chi connectivity index (χ0n) is 15.4. The summed E-state index contributed by atoms with van der Waals surface area (Å²) in [6.45, 7) is 6.76. The van der Waals surface area contributed by atoms with Crippen molar-refractivity contribution in [2.45, 2.75) is 33.2 Å². The quantitative estimate of drug-likeness (QED) is 0.766. The highest BCUT2D eigenvalue weighted by Crippen LogP contribution is 2.30. The van der Waals surface area contributed by atoms with Crippen molar-refractivity contribution in [1.82, 2.24) is 9.80 Å². The van der Waals surface area contributed by atoms with Gasteiger partial charge in [-0.15, -0.1) is 0 Å². The molecule has 0 N–H and O–H groups in total. The molecule has 0 radical (unpaired) electrons. The molecular weight excluding hydrogens is 328 g/mol. The Morgan fingerprint density at radius 2 is 1.62 bits per heavy atom. The van der Waals surface area contributed by atoms with Gasteiger partial charge in [-0.25, -0.2) is 0 Å². The number of allylic oxidation sites excluding steroid dienone is 3. The molecule has 26 heavy (non-hydrogen) atoms. The fourth-order valence-corrected chi connectivity index (χ4v) is 3.76. The van der Waals surface area contributed by atoms with Gasteiger partial charge < -0.3 is 4.90 Å². The number of rotatable bonds is 5. The summed E-state index contributed by atoms with van der Waals surface area (Å²) in [4.78, 5) is 40.5. The van der Waals surface area contributed by atoms with Crippen LogP contribution in [0.1, 0.15) is 47.9 Å². The van der Waals surface area contributed by atoms with Crippen LogP contribution in [0.5, 0.6) is 0 Å². The number of hydrogen-bond acceptors (Lipinski definition) is 3. The van der Waals surface area contributed by atoms with E-state index in [9.17, 15) is 14.4 Å². The first-order chi connectivity index (χ1) is 12.5. The van der Waals surface area contributed by atoms with E-state index in [1.54, 1.807) is 24.3 Å². The zero-order chi connectivity index (χ0) is 18.8. The van der Waals surface area contributed by atoms with Crippen molar-refractivity contribution in [3.8, 4) is 0 Å². The molecule has 3 amide bonds. The van der Waals surface area contributed by atoms with Crippen LogP contribution in [0, 0.1) is 5.92 Å². The maximum Gasteiger partial charge on any atom is 0.261 e. The van der Waals surface area contributed by atoms with Crippen molar-refractivity contribution < 1.29 is 14.4 Å². The molecule has 2 atom stereocenters. The first-order valence-corrected chi connectivity index (χ1v) is 9.05. The molecule has 0 aliphatic carbocycles. The highest BCUT2D eigenvalue weighted by molar-refractivity contribution is 6.21. The molecule has 1 fully saturated rings. The lowest BCUT2D eigenvalue weighted by atomic mass is 10.00. The van der Waals surface area contributed by atoms with Gasteiger partial charge in [0.15, 0.2) is 0 Å². The average Bonchev–Trinajstić information content (AvgIpc) is 3.00. The van der Waals surface area contributed by atoms with E-state index in [0.717, 1.165) is 5.57 Å². The average molecular weight is 352 g/mol. The number of carbonyl (C=O) groups is 3. The maximum absolute atomic E-state index is 12.5. The summed E-state index contributed by atoms with van der Waals surface area (Å²) in [6.07, 6.45) is 6.49. The molecule has 0 spiro atoms. The minimum atomic E-state index is -0.242. The summed E-state index contributed by atoms with van der Waals surface area (Å²) in [7, 11) is 0. The minimum absolute atomic E-state index is 0.0379. The topological polar surface area (TPSA) is 57.7 Å². The number of hydrogen-bond donors (Lipinski definition) is 0. The minimum Gasteiger partial charge on any atom is -0.336 e. The normalized spacial score (nSPS) is 24.4. The molecular formula is C21H24N2O3. The Labute approximate surface area is 154 Å². The Hall–Kier alpha value is -2.69. The van der Waals surface area contributed by atoms with Crippen molar-refractivity contribution in [3.63, 3.8) is 0 Å². The Bertz CT molecular complexity index is 774. The van der Waals surface area contributed by atoms with Crippen LogP contribution < -0.4 is 0 Å². The highest BCUT2D eigenvalue weighted by Gasteiger charge is 2.39. The lowest BCUT2D eigenvalue weighted by Gasteiger charge is -2.23. The van der Waals surface area contributed by atoms with Crippen LogP contribution >= 0.6 is 0 Å². The van der Waals surface area contributed by atoms with Crippen molar-refractivity contribution in [3.05, 3.63) is 59.2 Å². The van der Waals surface area contributed by atoms with E-state index in [0.29, 0.717) is 30.6 Å². The Balaban J connectivity index is 1.63. The number of carbonyl (C=O) groups excluding carboxylic acids is 3. The molecule has 0 aromatic heterocycles. The molecule has 2 aliphatic heterocycles. The summed E-state index contributed by atoms with van der Waals surface area (Å²) in [6, 6.07) is 6.93. The smallest absolute Gasteiger partial charge is 0.261 e. The molecule has 5 nitrogen and oxygen atoms in total. The second kappa shape index (κ2) is 7.28. The molecule has 2 heterocycles. The summed E-state index contributed by atoms with van der Waals surface area (Å²) in [5, 5.41) is 0. The molecule has 1 aromatic rings. The molecule has 3 rings (SSSR count). The van der Waals surface area contributed by atoms with Gasteiger partial charge in [-0.1, -0.05) is 30.4 Å². The monoisotopic (exact) mass is 352 g/mol. The largest absolute Gasteiger partial charge is 0.336 e. The second-order valence-electron chi connectivity index (χ2n) is 6.78. The van der Waals surface area contributed by atoms with Crippen LogP contribution in [-0.2, 0) is 4.79 Å². The van der Waals surface area contributed by atoms with Crippen molar-refractivity contribution in [2.75, 3.05) is 13.1 Å². The standard InChI is InChI=1S/C21H24N2O3/c1-4-5-9-16-14(2)19(24)22(15(16)3)12-8-13-23-20(25)17-10-6-7-11-18(17)21(23)26/h4-7,9-11,14-15H,8,12-13H2,1-3H3/b5-4-,16-9-. The van der Waals surface area contributed by atoms with E-state index >= 15 is 0 Å². The number of likely N-dealkylation sites (tertiary alicyclic amines) is 1. The predicted octanol–water partition coefficient (Wildman–Crippen LogP) is 3.04. The summed E-state index contributed by atoms with van der Waals surface area (Å²) < 4.78 is 0. The molecule has 2 unspecified atom stereocenters. The van der Waals surface area contributed by atoms with Gasteiger partial charge in [0.2, 0.25) is 5.91 Å². The van der Waals surface area contributed by atoms with E-state index in [-0.39, 0.29) is 29.7 Å². The van der Waals surface area contributed by atoms with Crippen LogP contribution in [0.2, 0.25) is 0 Å². The predicted molar refractivity (Wildman–Crippen MR) is 99.7 cm³/mol. The van der Waals surface area contributed by atoms with Crippen molar-refractivity contribution in [2.24, 2.45) is 5.92 Å². The molecule has 5 heteroatoms. The number of benzene rings is 1. The van der Waals surface area contributed by atoms with Crippen LogP contribution in [0.3, 0.4) is 0 Å². The van der Waals surface area contributed by atoms with E-state index < -0.39 is 0 Å². The molecule has 136 valence electrons. The number of fused-ring (bicyclic) bond motifs is 1. The van der Waals surface area contributed by atoms with Gasteiger partial charge in [0.25, 0.3) is 11.8 Å². The fraction of sp³-hybridized carbons (Fsp3) is 0.381. The van der Waals surface area contributed by atoms with E-state index in [2.05, 4.69) is 0 Å². The second-order valence-corrected chi connectivity index (χ2v) is 6.78. The fourth-order valence-electron chi connectivity index (χ4n) is 3.76. The first-order valence-electron chi connectivity index (χ1n) is 9.05. The first kappa shape index (κ1) is 18.1. The van der Waals surface area contributed by atoms with Crippen LogP contribution in [0.15, 0.2) is 48.1 Å². The SMILES string of the molecule is C/C=C\C=C1\C(C)C(=O)N(CCCN2C(=O)c3ccccc3C2=O)C1C. The van der Waals surface area contributed by atoms with E-state index in [1.807, 2.05) is 43.9 Å². The van der Waals surface area contributed by atoms with Crippen LogP contribution in [0.4, 0.5) is 0 Å². The molecule has 1 aromatic carbocycles. The van der Waals surface area contributed by atoms with Crippen molar-refractivity contribution >= 4 is 17.7 Å². The lowest BCUT2D eigenvalue weighted by Crippen LogP contribution is -2.37. The summed E-state index contributed by atoms with van der Waals surface area (Å²) >= 11 is 0. The lowest BCUT2D eigenvalue weighted by molar-refractivity contribution is -0.131. The molecule has 2 aliphatic rings. The van der Waals surface area contributed by atoms with Crippen LogP contribution in [-0.4, -0.2) is 46.7 Å². The number of nitrogens with zero attached hydrogens (tertiary/aromatic N) is 2. The maximum atomic E-state index is 12.5. The van der Waals surface area contributed by atoms with Gasteiger partial charge in [-0.2, -0.15) is 0 Å². The molecule has 0 bridgehead atoms. The van der Waals surface area contributed by atoms with E-state index in [1.165, 1.54) is 4.90 Å². The molecule has 0 saturated carbocycles. The summed E-state index contributed by atoms with van der Waals surface area (Å²) in [5.74, 6) is -0.502. The van der Waals surface area contributed by atoms with Gasteiger partial charge in [0.05, 0.1) is 23.1 Å². The Morgan fingerprint density at radius 3 is 2.19 bits per heavy atom. The van der Waals surface area contributed by atoms with Crippen LogP contribution in [0.25, 0.3) is 0 Å². The van der Waals surface area contributed by atoms with Crippen molar-refractivity contribution in [1.29, 1.82) is 0 Å². The summed E-state index contributed by atoms with van der Waals surface area (Å²) in [5.41, 5.74) is 2.04. The van der Waals surface area contributed by atoms with Gasteiger partial charge in [0.1, 0.15) is 0 Å². The van der Waals surface area contributed by atoms with Gasteiger partial charge >= 0.3 is 0 Å². The Morgan fingerprint density at radius 1 is 1.00 bits per heavy atom. The molecule has 1 saturated heterocycles.